The third kappa shape index (κ3) is 11.1. The van der Waals surface area contributed by atoms with Gasteiger partial charge in [0.05, 0.1) is 90.2 Å². The van der Waals surface area contributed by atoms with E-state index in [0.29, 0.717) is 120 Å². The largest absolute Gasteiger partial charge is 0.348 e. The summed E-state index contributed by atoms with van der Waals surface area (Å²) in [6.45, 7) is 6.73. The number of imidazole rings is 2. The van der Waals surface area contributed by atoms with Gasteiger partial charge in [0.25, 0.3) is 0 Å². The zero-order chi connectivity index (χ0) is 73.5. The molecule has 0 saturated heterocycles. The van der Waals surface area contributed by atoms with Crippen LogP contribution in [0, 0.1) is 22.7 Å². The molecule has 11 aromatic carbocycles. The Balaban J connectivity index is 0.653. The summed E-state index contributed by atoms with van der Waals surface area (Å²) in [5.74, 6) is 4.55. The first-order chi connectivity index (χ1) is 54.2. The van der Waals surface area contributed by atoms with E-state index in [1.54, 1.807) is 18.2 Å². The van der Waals surface area contributed by atoms with Crippen molar-refractivity contribution in [2.45, 2.75) is 6.92 Å². The molecular formula is C90H54N20. The first-order valence-electron chi connectivity index (χ1n) is 35.4. The first-order valence-corrected chi connectivity index (χ1v) is 35.4. The van der Waals surface area contributed by atoms with Crippen LogP contribution in [0.3, 0.4) is 0 Å². The maximum Gasteiger partial charge on any atom is 0.186 e. The van der Waals surface area contributed by atoms with Crippen molar-refractivity contribution in [1.82, 2.24) is 78.9 Å². The van der Waals surface area contributed by atoms with Crippen molar-refractivity contribution in [1.29, 1.82) is 10.5 Å². The first kappa shape index (κ1) is 63.7. The Morgan fingerprint density at radius 1 is 0.355 bits per heavy atom. The molecule has 110 heavy (non-hydrogen) atoms. The van der Waals surface area contributed by atoms with Crippen LogP contribution in [0.15, 0.2) is 309 Å². The van der Waals surface area contributed by atoms with E-state index in [0.717, 1.165) is 100 Å². The van der Waals surface area contributed by atoms with Crippen molar-refractivity contribution < 1.29 is 0 Å². The van der Waals surface area contributed by atoms with E-state index in [1.165, 1.54) is 0 Å². The van der Waals surface area contributed by atoms with E-state index in [9.17, 15) is 10.5 Å². The van der Waals surface area contributed by atoms with E-state index in [4.69, 9.17) is 64.8 Å². The van der Waals surface area contributed by atoms with Crippen molar-refractivity contribution >= 4 is 78.1 Å². The highest BCUT2D eigenvalue weighted by Crippen LogP contribution is 2.46. The molecule has 514 valence electrons. The fourth-order valence-electron chi connectivity index (χ4n) is 14.3. The maximum absolute atomic E-state index is 10.1. The number of fused-ring (bicyclic) bond motifs is 13. The SMILES string of the molecule is C=C1/C(=C\C=C(/C)c2ccc(-c3nc(-c4ccccc4)nc(-c4nc5cc(C#N)ccc5n5c4nc4ccccc45)n3)cc2)NC(c2nc(-c3ccccc3)nc(-c3ccc(-c4ccc5c(c4)nc(-c4nc(-c6ccccc6)nc(-c6ccccc6)n4)c4nc6ccccc6n45)cc3)n2)=C2Nc3cc(C#N)ccc3N12. The maximum atomic E-state index is 10.1. The van der Waals surface area contributed by atoms with Crippen molar-refractivity contribution in [3.63, 3.8) is 0 Å². The van der Waals surface area contributed by atoms with Gasteiger partial charge in [0.2, 0.25) is 0 Å². The lowest BCUT2D eigenvalue weighted by Crippen LogP contribution is -2.35. The highest BCUT2D eigenvalue weighted by Gasteiger charge is 2.37. The Morgan fingerprint density at radius 2 is 0.745 bits per heavy atom. The van der Waals surface area contributed by atoms with Crippen LogP contribution in [0.1, 0.15) is 29.4 Å². The molecule has 0 unspecified atom stereocenters. The Hall–Kier alpha value is -15.9. The van der Waals surface area contributed by atoms with E-state index < -0.39 is 0 Å². The number of hydrogen-bond acceptors (Lipinski definition) is 18. The normalized spacial score (nSPS) is 13.1. The molecule has 2 aliphatic heterocycles. The van der Waals surface area contributed by atoms with Gasteiger partial charge in [0.15, 0.2) is 75.1 Å². The number of benzene rings is 11. The van der Waals surface area contributed by atoms with Gasteiger partial charge in [-0.1, -0.05) is 213 Å². The summed E-state index contributed by atoms with van der Waals surface area (Å²) >= 11 is 0. The van der Waals surface area contributed by atoms with Gasteiger partial charge in [-0.3, -0.25) is 13.7 Å². The number of allylic oxidation sites excluding steroid dienone is 3. The molecule has 18 aromatic rings. The molecule has 0 radical (unpaired) electrons. The van der Waals surface area contributed by atoms with Crippen LogP contribution in [0.5, 0.6) is 0 Å². The molecule has 20 nitrogen and oxygen atoms in total. The van der Waals surface area contributed by atoms with Crippen LogP contribution in [0.25, 0.3) is 169 Å². The molecule has 2 N–H and O–H groups in total. The lowest BCUT2D eigenvalue weighted by Gasteiger charge is -2.32. The third-order valence-electron chi connectivity index (χ3n) is 19.7. The van der Waals surface area contributed by atoms with E-state index in [2.05, 4.69) is 81.5 Å². The van der Waals surface area contributed by atoms with Crippen molar-refractivity contribution in [2.24, 2.45) is 0 Å². The zero-order valence-corrected chi connectivity index (χ0v) is 58.4. The number of nitriles is 2. The molecular weight excluding hydrogens is 1360 g/mol. The summed E-state index contributed by atoms with van der Waals surface area (Å²) in [5.41, 5.74) is 21.4. The van der Waals surface area contributed by atoms with Gasteiger partial charge < -0.3 is 10.6 Å². The predicted octanol–water partition coefficient (Wildman–Crippen LogP) is 18.3. The second kappa shape index (κ2) is 26.0. The van der Waals surface area contributed by atoms with Crippen molar-refractivity contribution in [3.05, 3.63) is 331 Å². The summed E-state index contributed by atoms with van der Waals surface area (Å²) in [5, 5.41) is 27.4. The van der Waals surface area contributed by atoms with Gasteiger partial charge in [0.1, 0.15) is 11.5 Å². The minimum atomic E-state index is 0.329. The highest BCUT2D eigenvalue weighted by molar-refractivity contribution is 5.98. The molecule has 0 atom stereocenters. The molecule has 0 fully saturated rings. The average Bonchev–Trinajstić information content (AvgIpc) is 1.62. The minimum Gasteiger partial charge on any atom is -0.348 e. The minimum absolute atomic E-state index is 0.329. The molecule has 0 bridgehead atoms. The molecule has 20 heteroatoms. The number of nitrogens with one attached hydrogen (secondary N) is 2. The fourth-order valence-corrected chi connectivity index (χ4v) is 14.3. The summed E-state index contributed by atoms with van der Waals surface area (Å²) in [6.07, 6.45) is 4.05. The Labute approximate surface area is 627 Å². The van der Waals surface area contributed by atoms with Gasteiger partial charge in [-0.2, -0.15) is 10.5 Å². The smallest absolute Gasteiger partial charge is 0.186 e. The summed E-state index contributed by atoms with van der Waals surface area (Å²) in [4.78, 5) is 69.0. The Kier molecular flexibility index (Phi) is 15.1. The molecule has 0 amide bonds. The molecule has 0 aliphatic carbocycles. The van der Waals surface area contributed by atoms with Crippen molar-refractivity contribution in [2.75, 3.05) is 10.2 Å². The van der Waals surface area contributed by atoms with Crippen molar-refractivity contribution in [3.8, 4) is 115 Å². The Bertz CT molecular complexity index is 7000. The van der Waals surface area contributed by atoms with Gasteiger partial charge in [-0.05, 0) is 108 Å². The standard InChI is InChI=1S/C90H54N20/c1-52(56-34-38-62(39-35-56)83-100-82(61-25-13-6-14-26-61)105-86(107-83)77-89-96-66-27-15-17-29-71(66)109(89)74-45-33-54(50-91)47-68(74)94-77)31-43-65-53(2)108-73-44-32-55(51-92)48-69(73)98-88(108)76(93-65)85-102-81(60-23-11-5-12-24-60)101-84(106-85)63-40-36-57(37-41-63)64-42-46-75-70(49-64)95-78(90-97-67-28-16-18-30-72(67)110(75)90)87-103-79(58-19-7-3-8-20-58)99-80(104-87)59-21-9-4-10-22-59/h3-49,93,98H,2H2,1H3/b52-31+,65-43+. The number of hydrogen-bond donors (Lipinski definition) is 2. The molecule has 9 heterocycles. The number of nitrogens with zero attached hydrogens (tertiary/aromatic N) is 18. The monoisotopic (exact) mass is 1410 g/mol. The van der Waals surface area contributed by atoms with E-state index in [-0.39, 0.29) is 0 Å². The summed E-state index contributed by atoms with van der Waals surface area (Å²) < 4.78 is 4.19. The van der Waals surface area contributed by atoms with Crippen LogP contribution in [-0.2, 0) is 0 Å². The zero-order valence-electron chi connectivity index (χ0n) is 58.4. The molecule has 2 aliphatic rings. The van der Waals surface area contributed by atoms with Crippen LogP contribution in [-0.4, -0.2) is 73.6 Å². The number of rotatable bonds is 12. The molecule has 7 aromatic heterocycles. The highest BCUT2D eigenvalue weighted by atomic mass is 15.4. The lowest BCUT2D eigenvalue weighted by molar-refractivity contribution is 0.923. The quantitative estimate of drug-likeness (QED) is 0.115. The lowest BCUT2D eigenvalue weighted by atomic mass is 10.0. The van der Waals surface area contributed by atoms with Crippen LogP contribution >= 0.6 is 0 Å². The second-order valence-corrected chi connectivity index (χ2v) is 26.5. The molecule has 20 rings (SSSR count). The summed E-state index contributed by atoms with van der Waals surface area (Å²) in [7, 11) is 0. The number of para-hydroxylation sites is 4. The molecule has 0 spiro atoms. The fraction of sp³-hybridized carbons (Fsp3) is 0.0111. The van der Waals surface area contributed by atoms with Gasteiger partial charge in [-0.25, -0.2) is 64.8 Å². The van der Waals surface area contributed by atoms with Gasteiger partial charge >= 0.3 is 0 Å². The number of anilines is 2. The predicted molar refractivity (Wildman–Crippen MR) is 428 cm³/mol. The van der Waals surface area contributed by atoms with Crippen LogP contribution in [0.2, 0.25) is 0 Å². The van der Waals surface area contributed by atoms with Gasteiger partial charge in [0, 0.05) is 33.4 Å². The summed E-state index contributed by atoms with van der Waals surface area (Å²) in [6, 6.07) is 93.6. The van der Waals surface area contributed by atoms with Crippen LogP contribution in [0.4, 0.5) is 11.4 Å². The molecule has 0 saturated carbocycles. The number of aromatic nitrogens is 15. The second-order valence-electron chi connectivity index (χ2n) is 26.5. The van der Waals surface area contributed by atoms with Crippen LogP contribution < -0.4 is 15.5 Å². The Morgan fingerprint density at radius 3 is 1.25 bits per heavy atom. The third-order valence-corrected chi connectivity index (χ3v) is 19.7. The average molecular weight is 1420 g/mol. The van der Waals surface area contributed by atoms with Gasteiger partial charge in [-0.15, -0.1) is 0 Å². The van der Waals surface area contributed by atoms with E-state index >= 15 is 0 Å². The van der Waals surface area contributed by atoms with E-state index in [1.807, 2.05) is 235 Å². The topological polar surface area (TPSA) is 251 Å².